The van der Waals surface area contributed by atoms with Crippen LogP contribution in [0.2, 0.25) is 0 Å². The first-order valence-electron chi connectivity index (χ1n) is 7.50. The summed E-state index contributed by atoms with van der Waals surface area (Å²) < 4.78 is 18.3. The van der Waals surface area contributed by atoms with Crippen molar-refractivity contribution in [3.63, 3.8) is 0 Å². The molecule has 5 heteroatoms. The highest BCUT2D eigenvalue weighted by atomic mass is 19.1. The largest absolute Gasteiger partial charge is 0.466 e. The van der Waals surface area contributed by atoms with Crippen molar-refractivity contribution in [2.24, 2.45) is 11.7 Å². The maximum Gasteiger partial charge on any atom is 0.305 e. The van der Waals surface area contributed by atoms with Crippen LogP contribution in [0, 0.1) is 11.7 Å². The number of nitrogens with zero attached hydrogens (tertiary/aromatic N) is 1. The first kappa shape index (κ1) is 15.8. The number of benzene rings is 1. The molecule has 1 saturated heterocycles. The molecule has 0 saturated carbocycles. The number of esters is 1. The van der Waals surface area contributed by atoms with Gasteiger partial charge in [-0.25, -0.2) is 4.39 Å². The lowest BCUT2D eigenvalue weighted by Gasteiger charge is -2.37. The van der Waals surface area contributed by atoms with E-state index >= 15 is 0 Å². The van der Waals surface area contributed by atoms with Gasteiger partial charge in [0.1, 0.15) is 5.82 Å². The quantitative estimate of drug-likeness (QED) is 0.847. The predicted molar refractivity (Wildman–Crippen MR) is 80.6 cm³/mol. The molecule has 1 aliphatic rings. The summed E-state index contributed by atoms with van der Waals surface area (Å²) in [7, 11) is 0. The second-order valence-electron chi connectivity index (χ2n) is 5.59. The minimum Gasteiger partial charge on any atom is -0.466 e. The van der Waals surface area contributed by atoms with E-state index in [9.17, 15) is 9.18 Å². The number of hydrogen-bond acceptors (Lipinski definition) is 4. The van der Waals surface area contributed by atoms with Gasteiger partial charge in [-0.05, 0) is 43.9 Å². The number of nitrogens with two attached hydrogens (primary N) is 1. The van der Waals surface area contributed by atoms with Crippen molar-refractivity contribution in [3.8, 4) is 0 Å². The molecule has 0 spiro atoms. The highest BCUT2D eigenvalue weighted by Crippen LogP contribution is 2.26. The summed E-state index contributed by atoms with van der Waals surface area (Å²) in [5, 5.41) is 0. The summed E-state index contributed by atoms with van der Waals surface area (Å²) in [6, 6.07) is 6.61. The molecule has 0 radical (unpaired) electrons. The Kier molecular flexibility index (Phi) is 5.56. The third-order valence-corrected chi connectivity index (χ3v) is 3.80. The van der Waals surface area contributed by atoms with Crippen LogP contribution in [0.15, 0.2) is 24.3 Å². The summed E-state index contributed by atoms with van der Waals surface area (Å²) >= 11 is 0. The van der Waals surface area contributed by atoms with Crippen LogP contribution in [0.4, 0.5) is 10.1 Å². The lowest BCUT2D eigenvalue weighted by Crippen LogP contribution is -2.47. The Bertz CT molecular complexity index is 481. The first-order valence-corrected chi connectivity index (χ1v) is 7.50. The standard InChI is InChI=1S/C16H23FN2O2/c1-2-21-16(20)7-6-12-8-14(18)11-19(10-12)15-5-3-4-13(17)9-15/h3-5,9,12,14H,2,6-8,10-11,18H2,1H3. The van der Waals surface area contributed by atoms with E-state index in [4.69, 9.17) is 10.5 Å². The summed E-state index contributed by atoms with van der Waals surface area (Å²) in [5.41, 5.74) is 6.96. The van der Waals surface area contributed by atoms with Gasteiger partial charge in [-0.1, -0.05) is 6.07 Å². The molecule has 116 valence electrons. The molecule has 1 heterocycles. The fraction of sp³-hybridized carbons (Fsp3) is 0.562. The van der Waals surface area contributed by atoms with E-state index in [0.717, 1.165) is 31.6 Å². The summed E-state index contributed by atoms with van der Waals surface area (Å²) in [6.45, 7) is 3.74. The topological polar surface area (TPSA) is 55.6 Å². The molecule has 0 amide bonds. The fourth-order valence-electron chi connectivity index (χ4n) is 2.89. The molecule has 2 rings (SSSR count). The number of ether oxygens (including phenoxy) is 1. The van der Waals surface area contributed by atoms with E-state index in [-0.39, 0.29) is 17.8 Å². The van der Waals surface area contributed by atoms with E-state index in [1.165, 1.54) is 12.1 Å². The van der Waals surface area contributed by atoms with Gasteiger partial charge in [0.25, 0.3) is 0 Å². The summed E-state index contributed by atoms with van der Waals surface area (Å²) in [5.74, 6) is -0.0647. The van der Waals surface area contributed by atoms with Crippen molar-refractivity contribution in [3.05, 3.63) is 30.1 Å². The zero-order valence-corrected chi connectivity index (χ0v) is 12.4. The van der Waals surface area contributed by atoms with Crippen molar-refractivity contribution in [2.45, 2.75) is 32.2 Å². The molecule has 0 aromatic heterocycles. The van der Waals surface area contributed by atoms with Crippen LogP contribution in [0.3, 0.4) is 0 Å². The van der Waals surface area contributed by atoms with Gasteiger partial charge in [0.05, 0.1) is 6.61 Å². The van der Waals surface area contributed by atoms with Crippen molar-refractivity contribution in [1.82, 2.24) is 0 Å². The normalized spacial score (nSPS) is 22.1. The first-order chi connectivity index (χ1) is 10.1. The maximum atomic E-state index is 13.3. The molecule has 1 aromatic rings. The van der Waals surface area contributed by atoms with E-state index in [1.807, 2.05) is 6.07 Å². The predicted octanol–water partition coefficient (Wildman–Crippen LogP) is 2.32. The molecule has 21 heavy (non-hydrogen) atoms. The number of piperidine rings is 1. The molecule has 1 fully saturated rings. The van der Waals surface area contributed by atoms with E-state index in [2.05, 4.69) is 4.90 Å². The van der Waals surface area contributed by atoms with Crippen LogP contribution in [0.25, 0.3) is 0 Å². The Hall–Kier alpha value is -1.62. The Morgan fingerprint density at radius 2 is 2.29 bits per heavy atom. The van der Waals surface area contributed by atoms with Crippen LogP contribution < -0.4 is 10.6 Å². The van der Waals surface area contributed by atoms with Gasteiger partial charge in [-0.2, -0.15) is 0 Å². The van der Waals surface area contributed by atoms with E-state index in [1.54, 1.807) is 13.0 Å². The molecule has 0 bridgehead atoms. The number of hydrogen-bond donors (Lipinski definition) is 1. The van der Waals surface area contributed by atoms with E-state index in [0.29, 0.717) is 18.9 Å². The third-order valence-electron chi connectivity index (χ3n) is 3.80. The molecule has 2 N–H and O–H groups in total. The van der Waals surface area contributed by atoms with Crippen LogP contribution >= 0.6 is 0 Å². The van der Waals surface area contributed by atoms with Gasteiger partial charge < -0.3 is 15.4 Å². The van der Waals surface area contributed by atoms with Crippen molar-refractivity contribution >= 4 is 11.7 Å². The molecule has 4 nitrogen and oxygen atoms in total. The second-order valence-corrected chi connectivity index (χ2v) is 5.59. The molecular weight excluding hydrogens is 271 g/mol. The van der Waals surface area contributed by atoms with Crippen LogP contribution in [0.5, 0.6) is 0 Å². The van der Waals surface area contributed by atoms with Gasteiger partial charge in [0.15, 0.2) is 0 Å². The Balaban J connectivity index is 1.94. The second kappa shape index (κ2) is 7.41. The van der Waals surface area contributed by atoms with Gasteiger partial charge in [-0.15, -0.1) is 0 Å². The van der Waals surface area contributed by atoms with Gasteiger partial charge in [0, 0.05) is 31.2 Å². The zero-order valence-electron chi connectivity index (χ0n) is 12.4. The smallest absolute Gasteiger partial charge is 0.305 e. The summed E-state index contributed by atoms with van der Waals surface area (Å²) in [4.78, 5) is 13.6. The van der Waals surface area contributed by atoms with Gasteiger partial charge in [-0.3, -0.25) is 4.79 Å². The summed E-state index contributed by atoms with van der Waals surface area (Å²) in [6.07, 6.45) is 2.08. The maximum absolute atomic E-state index is 13.3. The average Bonchev–Trinajstić information content (AvgIpc) is 2.45. The van der Waals surface area contributed by atoms with Gasteiger partial charge in [0.2, 0.25) is 0 Å². The minimum atomic E-state index is -0.241. The van der Waals surface area contributed by atoms with Crippen LogP contribution in [-0.2, 0) is 9.53 Å². The molecule has 2 unspecified atom stereocenters. The van der Waals surface area contributed by atoms with E-state index < -0.39 is 0 Å². The monoisotopic (exact) mass is 294 g/mol. The number of carbonyl (C=O) groups is 1. The number of carbonyl (C=O) groups excluding carboxylic acids is 1. The van der Waals surface area contributed by atoms with Crippen molar-refractivity contribution in [1.29, 1.82) is 0 Å². The van der Waals surface area contributed by atoms with Crippen LogP contribution in [-0.4, -0.2) is 31.7 Å². The molecule has 2 atom stereocenters. The number of anilines is 1. The number of halogens is 1. The molecular formula is C16H23FN2O2. The third kappa shape index (κ3) is 4.70. The highest BCUT2D eigenvalue weighted by molar-refractivity contribution is 5.69. The fourth-order valence-corrected chi connectivity index (χ4v) is 2.89. The minimum absolute atomic E-state index is 0.0502. The highest BCUT2D eigenvalue weighted by Gasteiger charge is 2.26. The lowest BCUT2D eigenvalue weighted by molar-refractivity contribution is -0.143. The Morgan fingerprint density at radius 1 is 1.48 bits per heavy atom. The molecule has 0 aliphatic carbocycles. The van der Waals surface area contributed by atoms with Crippen molar-refractivity contribution in [2.75, 3.05) is 24.6 Å². The molecule has 1 aromatic carbocycles. The Morgan fingerprint density at radius 3 is 3.00 bits per heavy atom. The molecule has 1 aliphatic heterocycles. The Labute approximate surface area is 125 Å². The van der Waals surface area contributed by atoms with Crippen molar-refractivity contribution < 1.29 is 13.9 Å². The lowest BCUT2D eigenvalue weighted by atomic mass is 9.90. The number of rotatable bonds is 5. The zero-order chi connectivity index (χ0) is 15.2. The van der Waals surface area contributed by atoms with Gasteiger partial charge >= 0.3 is 5.97 Å². The SMILES string of the molecule is CCOC(=O)CCC1CC(N)CN(c2cccc(F)c2)C1. The van der Waals surface area contributed by atoms with Crippen LogP contribution in [0.1, 0.15) is 26.2 Å². The average molecular weight is 294 g/mol.